The first kappa shape index (κ1) is 9.24. The first-order valence-corrected chi connectivity index (χ1v) is 3.67. The van der Waals surface area contributed by atoms with Crippen molar-refractivity contribution in [2.24, 2.45) is 5.16 Å². The van der Waals surface area contributed by atoms with E-state index in [2.05, 4.69) is 14.9 Å². The number of aromatic nitrogens is 2. The van der Waals surface area contributed by atoms with Gasteiger partial charge in [0.15, 0.2) is 0 Å². The van der Waals surface area contributed by atoms with E-state index >= 15 is 0 Å². The molecule has 0 saturated heterocycles. The second-order valence-electron chi connectivity index (χ2n) is 2.11. The molecule has 13 heavy (non-hydrogen) atoms. The lowest BCUT2D eigenvalue weighted by atomic mass is 10.5. The Labute approximate surface area is 74.4 Å². The van der Waals surface area contributed by atoms with E-state index in [1.165, 1.54) is 23.3 Å². The summed E-state index contributed by atoms with van der Waals surface area (Å²) in [6.45, 7) is 1.90. The van der Waals surface area contributed by atoms with Crippen LogP contribution in [0, 0.1) is 0 Å². The van der Waals surface area contributed by atoms with Gasteiger partial charge in [-0.1, -0.05) is 5.16 Å². The molecular formula is C7H9N3O3. The van der Waals surface area contributed by atoms with Gasteiger partial charge in [0.05, 0.1) is 6.61 Å². The highest BCUT2D eigenvalue weighted by Gasteiger charge is 2.14. The third kappa shape index (κ3) is 2.05. The molecule has 0 aliphatic heterocycles. The van der Waals surface area contributed by atoms with E-state index in [9.17, 15) is 4.79 Å². The third-order valence-corrected chi connectivity index (χ3v) is 1.30. The smallest absolute Gasteiger partial charge is 0.378 e. The van der Waals surface area contributed by atoms with E-state index in [1.807, 2.05) is 0 Å². The highest BCUT2D eigenvalue weighted by atomic mass is 16.5. The predicted octanol–water partition coefficient (Wildman–Crippen LogP) is 0.0820. The molecule has 0 bridgehead atoms. The van der Waals surface area contributed by atoms with Crippen LogP contribution in [0.1, 0.15) is 6.92 Å². The van der Waals surface area contributed by atoms with Crippen molar-refractivity contribution in [3.05, 3.63) is 18.7 Å². The standard InChI is InChI=1S/C7H9N3O3/c1-2-13-7(11)6(9-12)10-4-3-8-5-10/h3-5,12H,2H2,1H3/b9-6-. The average molecular weight is 183 g/mol. The molecule has 0 radical (unpaired) electrons. The number of oxime groups is 1. The maximum absolute atomic E-state index is 11.1. The van der Waals surface area contributed by atoms with E-state index in [0.717, 1.165) is 0 Å². The summed E-state index contributed by atoms with van der Waals surface area (Å²) in [7, 11) is 0. The van der Waals surface area contributed by atoms with Crippen LogP contribution in [0.25, 0.3) is 0 Å². The van der Waals surface area contributed by atoms with Crippen LogP contribution in [0.4, 0.5) is 0 Å². The number of carbonyl (C=O) groups excluding carboxylic acids is 1. The molecule has 6 nitrogen and oxygen atoms in total. The first-order valence-electron chi connectivity index (χ1n) is 3.67. The Kier molecular flexibility index (Phi) is 3.02. The van der Waals surface area contributed by atoms with Crippen molar-refractivity contribution in [3.8, 4) is 0 Å². The molecule has 1 aromatic heterocycles. The Hall–Kier alpha value is -1.85. The summed E-state index contributed by atoms with van der Waals surface area (Å²) in [5.41, 5.74) is 0. The van der Waals surface area contributed by atoms with Crippen molar-refractivity contribution in [2.75, 3.05) is 6.61 Å². The molecular weight excluding hydrogens is 174 g/mol. The summed E-state index contributed by atoms with van der Waals surface area (Å²) < 4.78 is 5.90. The van der Waals surface area contributed by atoms with Crippen molar-refractivity contribution >= 4 is 11.8 Å². The summed E-state index contributed by atoms with van der Waals surface area (Å²) in [4.78, 5) is 14.8. The van der Waals surface area contributed by atoms with Crippen LogP contribution in [0.5, 0.6) is 0 Å². The Bertz CT molecular complexity index is 305. The van der Waals surface area contributed by atoms with E-state index < -0.39 is 5.97 Å². The number of rotatable bonds is 1. The Morgan fingerprint density at radius 2 is 2.54 bits per heavy atom. The van der Waals surface area contributed by atoms with Crippen molar-refractivity contribution < 1.29 is 14.7 Å². The molecule has 70 valence electrons. The van der Waals surface area contributed by atoms with Crippen LogP contribution >= 0.6 is 0 Å². The topological polar surface area (TPSA) is 76.7 Å². The summed E-state index contributed by atoms with van der Waals surface area (Å²) in [5, 5.41) is 11.3. The van der Waals surface area contributed by atoms with E-state index in [-0.39, 0.29) is 12.4 Å². The molecule has 0 unspecified atom stereocenters. The molecule has 1 N–H and O–H groups in total. The molecule has 0 atom stereocenters. The van der Waals surface area contributed by atoms with Gasteiger partial charge in [-0.15, -0.1) is 0 Å². The van der Waals surface area contributed by atoms with Gasteiger partial charge in [0, 0.05) is 12.4 Å². The second-order valence-corrected chi connectivity index (χ2v) is 2.11. The highest BCUT2D eigenvalue weighted by Crippen LogP contribution is 1.91. The van der Waals surface area contributed by atoms with Gasteiger partial charge in [0.25, 0.3) is 5.84 Å². The molecule has 0 fully saturated rings. The fraction of sp³-hybridized carbons (Fsp3) is 0.286. The number of esters is 1. The number of hydrogen-bond acceptors (Lipinski definition) is 5. The molecule has 1 rings (SSSR count). The normalized spacial score (nSPS) is 11.3. The van der Waals surface area contributed by atoms with Gasteiger partial charge in [0.1, 0.15) is 6.33 Å². The molecule has 1 aromatic rings. The minimum Gasteiger partial charge on any atom is -0.460 e. The van der Waals surface area contributed by atoms with Crippen LogP contribution in [-0.4, -0.2) is 33.2 Å². The maximum Gasteiger partial charge on any atom is 0.378 e. The van der Waals surface area contributed by atoms with Crippen molar-refractivity contribution in [2.45, 2.75) is 6.92 Å². The van der Waals surface area contributed by atoms with E-state index in [1.54, 1.807) is 6.92 Å². The number of hydrogen-bond donors (Lipinski definition) is 1. The number of imidazole rings is 1. The molecule has 0 aliphatic carbocycles. The summed E-state index contributed by atoms with van der Waals surface area (Å²) in [6, 6.07) is 0. The molecule has 6 heteroatoms. The van der Waals surface area contributed by atoms with Crippen molar-refractivity contribution in [1.29, 1.82) is 0 Å². The van der Waals surface area contributed by atoms with Gasteiger partial charge in [-0.2, -0.15) is 0 Å². The zero-order valence-electron chi connectivity index (χ0n) is 7.04. The van der Waals surface area contributed by atoms with Crippen LogP contribution in [0.3, 0.4) is 0 Å². The maximum atomic E-state index is 11.1. The highest BCUT2D eigenvalue weighted by molar-refractivity contribution is 6.35. The van der Waals surface area contributed by atoms with E-state index in [4.69, 9.17) is 5.21 Å². The summed E-state index contributed by atoms with van der Waals surface area (Å²) in [5.74, 6) is -0.901. The zero-order chi connectivity index (χ0) is 9.68. The Morgan fingerprint density at radius 3 is 3.00 bits per heavy atom. The molecule has 0 spiro atoms. The predicted molar refractivity (Wildman–Crippen MR) is 43.5 cm³/mol. The first-order chi connectivity index (χ1) is 6.29. The van der Waals surface area contributed by atoms with Gasteiger partial charge in [0.2, 0.25) is 0 Å². The van der Waals surface area contributed by atoms with Crippen molar-refractivity contribution in [3.63, 3.8) is 0 Å². The molecule has 0 amide bonds. The van der Waals surface area contributed by atoms with Crippen LogP contribution < -0.4 is 0 Å². The van der Waals surface area contributed by atoms with Gasteiger partial charge in [-0.3, -0.25) is 4.57 Å². The lowest BCUT2D eigenvalue weighted by Gasteiger charge is -2.02. The second kappa shape index (κ2) is 4.24. The largest absolute Gasteiger partial charge is 0.460 e. The Balaban J connectivity index is 2.82. The molecule has 0 saturated carbocycles. The third-order valence-electron chi connectivity index (χ3n) is 1.30. The van der Waals surface area contributed by atoms with Gasteiger partial charge in [-0.25, -0.2) is 9.78 Å². The van der Waals surface area contributed by atoms with Crippen LogP contribution in [-0.2, 0) is 9.53 Å². The van der Waals surface area contributed by atoms with E-state index in [0.29, 0.717) is 0 Å². The monoisotopic (exact) mass is 183 g/mol. The summed E-state index contributed by atoms with van der Waals surface area (Å²) in [6.07, 6.45) is 4.28. The molecule has 0 aliphatic rings. The summed E-state index contributed by atoms with van der Waals surface area (Å²) >= 11 is 0. The fourth-order valence-corrected chi connectivity index (χ4v) is 0.778. The minimum absolute atomic E-state index is 0.209. The van der Waals surface area contributed by atoms with Crippen LogP contribution in [0.2, 0.25) is 0 Å². The van der Waals surface area contributed by atoms with Crippen LogP contribution in [0.15, 0.2) is 23.9 Å². The minimum atomic E-state index is -0.692. The molecule has 0 aromatic carbocycles. The van der Waals surface area contributed by atoms with Crippen molar-refractivity contribution in [1.82, 2.24) is 9.55 Å². The lowest BCUT2D eigenvalue weighted by Crippen LogP contribution is -2.24. The SMILES string of the molecule is CCOC(=O)/C(=N/O)n1ccnc1. The number of nitrogens with zero attached hydrogens (tertiary/aromatic N) is 3. The average Bonchev–Trinajstić information content (AvgIpc) is 2.59. The lowest BCUT2D eigenvalue weighted by molar-refractivity contribution is -0.135. The van der Waals surface area contributed by atoms with Gasteiger partial charge in [-0.05, 0) is 6.92 Å². The van der Waals surface area contributed by atoms with Gasteiger partial charge >= 0.3 is 5.97 Å². The number of carbonyl (C=O) groups is 1. The quantitative estimate of drug-likeness (QED) is 0.220. The fourth-order valence-electron chi connectivity index (χ4n) is 0.778. The molecule has 1 heterocycles. The Morgan fingerprint density at radius 1 is 1.77 bits per heavy atom. The van der Waals surface area contributed by atoms with Gasteiger partial charge < -0.3 is 9.94 Å². The zero-order valence-corrected chi connectivity index (χ0v) is 7.04. The number of ether oxygens (including phenoxy) is 1.